The predicted octanol–water partition coefficient (Wildman–Crippen LogP) is 6.07. The number of nitrogens with one attached hydrogen (secondary N) is 1. The molecule has 6 nitrogen and oxygen atoms in total. The van der Waals surface area contributed by atoms with Crippen LogP contribution in [-0.4, -0.2) is 41.6 Å². The first-order valence-electron chi connectivity index (χ1n) is 10.9. The van der Waals surface area contributed by atoms with Crippen LogP contribution in [0.25, 0.3) is 10.9 Å². The van der Waals surface area contributed by atoms with E-state index in [1.165, 1.54) is 18.5 Å². The Morgan fingerprint density at radius 1 is 1.00 bits per heavy atom. The Kier molecular flexibility index (Phi) is 7.45. The summed E-state index contributed by atoms with van der Waals surface area (Å²) < 4.78 is 25.3. The molecule has 8 heteroatoms. The fourth-order valence-corrected chi connectivity index (χ4v) is 3.51. The van der Waals surface area contributed by atoms with Crippen LogP contribution in [-0.2, 0) is 6.61 Å². The zero-order chi connectivity index (χ0) is 24.1. The number of anilines is 2. The van der Waals surface area contributed by atoms with E-state index in [0.29, 0.717) is 28.9 Å². The van der Waals surface area contributed by atoms with Crippen LogP contribution in [0.2, 0.25) is 5.02 Å². The van der Waals surface area contributed by atoms with Crippen LogP contribution in [0.15, 0.2) is 67.0 Å². The second kappa shape index (κ2) is 10.7. The molecule has 0 aliphatic carbocycles. The number of aromatic nitrogens is 2. The highest BCUT2D eigenvalue weighted by Gasteiger charge is 2.13. The number of hydrogen-bond acceptors (Lipinski definition) is 6. The second-order valence-electron chi connectivity index (χ2n) is 8.18. The molecule has 1 N–H and O–H groups in total. The predicted molar refractivity (Wildman–Crippen MR) is 134 cm³/mol. The van der Waals surface area contributed by atoms with Gasteiger partial charge < -0.3 is 19.7 Å². The minimum Gasteiger partial charge on any atom is -0.491 e. The van der Waals surface area contributed by atoms with E-state index in [4.69, 9.17) is 21.1 Å². The number of ether oxygens (including phenoxy) is 2. The van der Waals surface area contributed by atoms with Crippen molar-refractivity contribution in [3.05, 3.63) is 83.4 Å². The van der Waals surface area contributed by atoms with E-state index in [-0.39, 0.29) is 18.5 Å². The first-order valence-corrected chi connectivity index (χ1v) is 11.3. The average Bonchev–Trinajstić information content (AvgIpc) is 2.82. The first kappa shape index (κ1) is 23.7. The molecule has 0 saturated heterocycles. The SMILES string of the molecule is C[C@@H](COc1cccc2ncnc(Nc3ccc(OCc4cccc(F)c4)c(Cl)c3)c12)N(C)C. The van der Waals surface area contributed by atoms with Crippen LogP contribution in [0.1, 0.15) is 12.5 Å². The number of rotatable bonds is 9. The van der Waals surface area contributed by atoms with Gasteiger partial charge in [-0.25, -0.2) is 14.4 Å². The topological polar surface area (TPSA) is 59.5 Å². The van der Waals surface area contributed by atoms with E-state index in [1.807, 2.05) is 38.4 Å². The lowest BCUT2D eigenvalue weighted by molar-refractivity contribution is 0.200. The van der Waals surface area contributed by atoms with Crippen molar-refractivity contribution in [2.45, 2.75) is 19.6 Å². The maximum Gasteiger partial charge on any atom is 0.145 e. The minimum atomic E-state index is -0.302. The van der Waals surface area contributed by atoms with Gasteiger partial charge in [0.05, 0.1) is 15.9 Å². The standard InChI is InChI=1S/C26H26ClFN4O2/c1-17(32(2)3)14-33-24-9-5-8-22-25(24)26(30-16-29-22)31-20-10-11-23(21(27)13-20)34-15-18-6-4-7-19(28)12-18/h4-13,16-17H,14-15H2,1-3H3,(H,29,30,31)/t17-/m0/s1. The quantitative estimate of drug-likeness (QED) is 0.313. The summed E-state index contributed by atoms with van der Waals surface area (Å²) in [7, 11) is 4.03. The maximum atomic E-state index is 13.4. The van der Waals surface area contributed by atoms with Crippen molar-refractivity contribution in [1.82, 2.24) is 14.9 Å². The van der Waals surface area contributed by atoms with Gasteiger partial charge in [-0.15, -0.1) is 0 Å². The van der Waals surface area contributed by atoms with E-state index in [1.54, 1.807) is 24.3 Å². The van der Waals surface area contributed by atoms with Crippen LogP contribution < -0.4 is 14.8 Å². The molecule has 1 heterocycles. The molecule has 4 rings (SSSR count). The molecule has 0 aliphatic rings. The molecule has 0 saturated carbocycles. The number of benzene rings is 3. The Bertz CT molecular complexity index is 1280. The van der Waals surface area contributed by atoms with E-state index in [0.717, 1.165) is 22.2 Å². The van der Waals surface area contributed by atoms with Gasteiger partial charge in [0.15, 0.2) is 0 Å². The fraction of sp³-hybridized carbons (Fsp3) is 0.231. The van der Waals surface area contributed by atoms with Gasteiger partial charge in [0.2, 0.25) is 0 Å². The molecule has 0 bridgehead atoms. The van der Waals surface area contributed by atoms with Crippen molar-refractivity contribution in [1.29, 1.82) is 0 Å². The molecule has 4 aromatic rings. The molecule has 3 aromatic carbocycles. The van der Waals surface area contributed by atoms with Gasteiger partial charge in [-0.1, -0.05) is 29.8 Å². The minimum absolute atomic E-state index is 0.215. The van der Waals surface area contributed by atoms with Gasteiger partial charge in [0.1, 0.15) is 42.7 Å². The molecular weight excluding hydrogens is 455 g/mol. The monoisotopic (exact) mass is 480 g/mol. The summed E-state index contributed by atoms with van der Waals surface area (Å²) in [5.41, 5.74) is 2.23. The average molecular weight is 481 g/mol. The molecular formula is C26H26ClFN4O2. The van der Waals surface area contributed by atoms with Gasteiger partial charge in [0, 0.05) is 11.7 Å². The van der Waals surface area contributed by atoms with Crippen LogP contribution in [0.4, 0.5) is 15.9 Å². The van der Waals surface area contributed by atoms with E-state index in [2.05, 4.69) is 27.1 Å². The van der Waals surface area contributed by atoms with Crippen molar-refractivity contribution >= 4 is 34.0 Å². The van der Waals surface area contributed by atoms with Crippen molar-refractivity contribution < 1.29 is 13.9 Å². The molecule has 0 radical (unpaired) electrons. The summed E-state index contributed by atoms with van der Waals surface area (Å²) in [6.45, 7) is 2.84. The largest absolute Gasteiger partial charge is 0.491 e. The van der Waals surface area contributed by atoms with Crippen molar-refractivity contribution in [2.75, 3.05) is 26.0 Å². The third-order valence-corrected chi connectivity index (χ3v) is 5.76. The van der Waals surface area contributed by atoms with Crippen LogP contribution in [0, 0.1) is 5.82 Å². The lowest BCUT2D eigenvalue weighted by atomic mass is 10.2. The summed E-state index contributed by atoms with van der Waals surface area (Å²) in [4.78, 5) is 10.9. The molecule has 34 heavy (non-hydrogen) atoms. The summed E-state index contributed by atoms with van der Waals surface area (Å²) >= 11 is 6.46. The zero-order valence-corrected chi connectivity index (χ0v) is 20.0. The second-order valence-corrected chi connectivity index (χ2v) is 8.59. The van der Waals surface area contributed by atoms with E-state index in [9.17, 15) is 4.39 Å². The molecule has 0 unspecified atom stereocenters. The highest BCUT2D eigenvalue weighted by atomic mass is 35.5. The molecule has 1 atom stereocenters. The summed E-state index contributed by atoms with van der Waals surface area (Å²) in [6, 6.07) is 17.6. The molecule has 0 spiro atoms. The highest BCUT2D eigenvalue weighted by molar-refractivity contribution is 6.32. The molecule has 1 aromatic heterocycles. The first-order chi connectivity index (χ1) is 16.4. The van der Waals surface area contributed by atoms with Gasteiger partial charge in [-0.3, -0.25) is 0 Å². The van der Waals surface area contributed by atoms with E-state index >= 15 is 0 Å². The smallest absolute Gasteiger partial charge is 0.145 e. The Balaban J connectivity index is 1.53. The zero-order valence-electron chi connectivity index (χ0n) is 19.3. The van der Waals surface area contributed by atoms with Crippen LogP contribution >= 0.6 is 11.6 Å². The summed E-state index contributed by atoms with van der Waals surface area (Å²) in [5, 5.41) is 4.53. The normalized spacial score (nSPS) is 12.1. The van der Waals surface area contributed by atoms with Gasteiger partial charge >= 0.3 is 0 Å². The molecule has 0 amide bonds. The Morgan fingerprint density at radius 3 is 2.59 bits per heavy atom. The van der Waals surface area contributed by atoms with Crippen LogP contribution in [0.3, 0.4) is 0 Å². The van der Waals surface area contributed by atoms with Crippen molar-refractivity contribution in [3.8, 4) is 11.5 Å². The maximum absolute atomic E-state index is 13.4. The van der Waals surface area contributed by atoms with Crippen molar-refractivity contribution in [3.63, 3.8) is 0 Å². The summed E-state index contributed by atoms with van der Waals surface area (Å²) in [6.07, 6.45) is 1.51. The molecule has 0 fully saturated rings. The number of fused-ring (bicyclic) bond motifs is 1. The number of halogens is 2. The Hall–Kier alpha value is -3.42. The lowest BCUT2D eigenvalue weighted by Gasteiger charge is -2.21. The Morgan fingerprint density at radius 2 is 1.82 bits per heavy atom. The molecule has 176 valence electrons. The lowest BCUT2D eigenvalue weighted by Crippen LogP contribution is -2.30. The van der Waals surface area contributed by atoms with E-state index < -0.39 is 0 Å². The van der Waals surface area contributed by atoms with Crippen LogP contribution in [0.5, 0.6) is 11.5 Å². The number of hydrogen-bond donors (Lipinski definition) is 1. The number of likely N-dealkylation sites (N-methyl/N-ethyl adjacent to an activating group) is 1. The summed E-state index contributed by atoms with van der Waals surface area (Å²) in [5.74, 6) is 1.52. The van der Waals surface area contributed by atoms with Gasteiger partial charge in [0.25, 0.3) is 0 Å². The van der Waals surface area contributed by atoms with Gasteiger partial charge in [-0.05, 0) is 69.0 Å². The molecule has 0 aliphatic heterocycles. The Labute approximate surface area is 203 Å². The van der Waals surface area contributed by atoms with Gasteiger partial charge in [-0.2, -0.15) is 0 Å². The fourth-order valence-electron chi connectivity index (χ4n) is 3.27. The third-order valence-electron chi connectivity index (χ3n) is 5.46. The number of nitrogens with zero attached hydrogens (tertiary/aromatic N) is 3. The highest BCUT2D eigenvalue weighted by Crippen LogP contribution is 2.34. The van der Waals surface area contributed by atoms with Crippen molar-refractivity contribution in [2.24, 2.45) is 0 Å². The third kappa shape index (κ3) is 5.73.